The number of fused-ring (bicyclic) bond motifs is 1. The van der Waals surface area contributed by atoms with Gasteiger partial charge in [-0.05, 0) is 40.2 Å². The third kappa shape index (κ3) is 1.91. The number of para-hydroxylation sites is 1. The van der Waals surface area contributed by atoms with Crippen LogP contribution in [-0.2, 0) is 0 Å². The summed E-state index contributed by atoms with van der Waals surface area (Å²) in [4.78, 5) is 3.43. The first-order chi connectivity index (χ1) is 8.78. The van der Waals surface area contributed by atoms with Gasteiger partial charge in [0.15, 0.2) is 0 Å². The second kappa shape index (κ2) is 4.50. The van der Waals surface area contributed by atoms with Crippen LogP contribution in [0.25, 0.3) is 22.2 Å². The summed E-state index contributed by atoms with van der Waals surface area (Å²) in [6, 6.07) is 16.4. The van der Waals surface area contributed by atoms with Gasteiger partial charge in [0, 0.05) is 21.1 Å². The second-order valence-corrected chi connectivity index (χ2v) is 4.97. The summed E-state index contributed by atoms with van der Waals surface area (Å²) < 4.78 is 6.33. The minimum Gasteiger partial charge on any atom is -0.497 e. The molecule has 1 aromatic heterocycles. The Morgan fingerprint density at radius 2 is 1.89 bits per heavy atom. The molecule has 0 bridgehead atoms. The van der Waals surface area contributed by atoms with Gasteiger partial charge in [-0.2, -0.15) is 0 Å². The van der Waals surface area contributed by atoms with E-state index in [1.807, 2.05) is 30.3 Å². The van der Waals surface area contributed by atoms with Gasteiger partial charge in [0.1, 0.15) is 5.75 Å². The maximum absolute atomic E-state index is 5.25. The molecule has 90 valence electrons. The molecule has 0 saturated carbocycles. The van der Waals surface area contributed by atoms with E-state index in [2.05, 4.69) is 39.1 Å². The predicted molar refractivity (Wildman–Crippen MR) is 78.0 cm³/mol. The summed E-state index contributed by atoms with van der Waals surface area (Å²) in [5.74, 6) is 0.866. The van der Waals surface area contributed by atoms with E-state index in [9.17, 15) is 0 Å². The van der Waals surface area contributed by atoms with Crippen LogP contribution < -0.4 is 4.74 Å². The van der Waals surface area contributed by atoms with Crippen molar-refractivity contribution in [3.05, 3.63) is 53.0 Å². The molecule has 2 aromatic carbocycles. The van der Waals surface area contributed by atoms with E-state index in [0.29, 0.717) is 0 Å². The lowest BCUT2D eigenvalue weighted by Crippen LogP contribution is -1.83. The highest BCUT2D eigenvalue weighted by molar-refractivity contribution is 9.10. The van der Waals surface area contributed by atoms with Gasteiger partial charge in [0.2, 0.25) is 0 Å². The maximum atomic E-state index is 5.25. The van der Waals surface area contributed by atoms with Gasteiger partial charge < -0.3 is 9.72 Å². The number of H-pyrrole nitrogens is 1. The van der Waals surface area contributed by atoms with Crippen LogP contribution in [0.5, 0.6) is 5.75 Å². The number of aromatic nitrogens is 1. The molecule has 0 aliphatic carbocycles. The fourth-order valence-electron chi connectivity index (χ4n) is 2.07. The van der Waals surface area contributed by atoms with Crippen molar-refractivity contribution in [1.29, 1.82) is 0 Å². The van der Waals surface area contributed by atoms with Crippen LogP contribution in [0.15, 0.2) is 53.0 Å². The van der Waals surface area contributed by atoms with Crippen molar-refractivity contribution in [2.45, 2.75) is 0 Å². The highest BCUT2D eigenvalue weighted by atomic mass is 79.9. The Morgan fingerprint density at radius 3 is 2.67 bits per heavy atom. The van der Waals surface area contributed by atoms with Crippen LogP contribution in [0.2, 0.25) is 0 Å². The zero-order valence-electron chi connectivity index (χ0n) is 9.91. The molecule has 0 atom stereocenters. The molecule has 2 nitrogen and oxygen atoms in total. The molecular weight excluding hydrogens is 290 g/mol. The summed E-state index contributed by atoms with van der Waals surface area (Å²) in [7, 11) is 1.68. The van der Waals surface area contributed by atoms with E-state index in [-0.39, 0.29) is 0 Å². The van der Waals surface area contributed by atoms with E-state index >= 15 is 0 Å². The van der Waals surface area contributed by atoms with Crippen molar-refractivity contribution in [2.24, 2.45) is 0 Å². The molecule has 3 rings (SSSR count). The molecule has 3 heteroatoms. The third-order valence-electron chi connectivity index (χ3n) is 2.99. The first-order valence-corrected chi connectivity index (χ1v) is 6.49. The van der Waals surface area contributed by atoms with Gasteiger partial charge >= 0.3 is 0 Å². The normalized spacial score (nSPS) is 10.8. The first kappa shape index (κ1) is 11.4. The van der Waals surface area contributed by atoms with Crippen molar-refractivity contribution in [1.82, 2.24) is 4.98 Å². The lowest BCUT2D eigenvalue weighted by atomic mass is 10.1. The fourth-order valence-corrected chi connectivity index (χ4v) is 2.55. The van der Waals surface area contributed by atoms with Gasteiger partial charge in [-0.25, -0.2) is 0 Å². The minimum absolute atomic E-state index is 0.866. The molecule has 18 heavy (non-hydrogen) atoms. The van der Waals surface area contributed by atoms with E-state index < -0.39 is 0 Å². The molecule has 0 unspecified atom stereocenters. The van der Waals surface area contributed by atoms with Crippen molar-refractivity contribution < 1.29 is 4.74 Å². The molecular formula is C15H12BrNO. The number of hydrogen-bond acceptors (Lipinski definition) is 1. The molecule has 0 radical (unpaired) electrons. The van der Waals surface area contributed by atoms with E-state index in [1.165, 1.54) is 5.39 Å². The number of rotatable bonds is 2. The second-order valence-electron chi connectivity index (χ2n) is 4.12. The topological polar surface area (TPSA) is 25.0 Å². The number of methoxy groups -OCH3 is 1. The summed E-state index contributed by atoms with van der Waals surface area (Å²) in [6.45, 7) is 0. The quantitative estimate of drug-likeness (QED) is 0.735. The minimum atomic E-state index is 0.866. The van der Waals surface area contributed by atoms with E-state index in [0.717, 1.165) is 27.0 Å². The molecule has 0 aliphatic rings. The molecule has 3 aromatic rings. The van der Waals surface area contributed by atoms with Crippen LogP contribution in [0, 0.1) is 0 Å². The smallest absolute Gasteiger partial charge is 0.119 e. The van der Waals surface area contributed by atoms with Crippen molar-refractivity contribution in [2.75, 3.05) is 7.11 Å². The Morgan fingerprint density at radius 1 is 1.06 bits per heavy atom. The Labute approximate surface area is 114 Å². The standard InChI is InChI=1S/C15H12BrNO/c1-18-12-6-2-4-10(8-12)14-9-11-5-3-7-13(16)15(11)17-14/h2-9,17H,1H3. The summed E-state index contributed by atoms with van der Waals surface area (Å²) in [6.07, 6.45) is 0. The van der Waals surface area contributed by atoms with E-state index in [1.54, 1.807) is 7.11 Å². The maximum Gasteiger partial charge on any atom is 0.119 e. The number of halogens is 1. The number of aromatic amines is 1. The van der Waals surface area contributed by atoms with Crippen LogP contribution in [0.4, 0.5) is 0 Å². The number of benzene rings is 2. The van der Waals surface area contributed by atoms with Gasteiger partial charge in [0.05, 0.1) is 12.6 Å². The summed E-state index contributed by atoms with van der Waals surface area (Å²) >= 11 is 3.55. The molecule has 0 spiro atoms. The number of nitrogens with one attached hydrogen (secondary N) is 1. The zero-order valence-corrected chi connectivity index (χ0v) is 11.5. The van der Waals surface area contributed by atoms with Gasteiger partial charge in [-0.3, -0.25) is 0 Å². The predicted octanol–water partition coefficient (Wildman–Crippen LogP) is 4.61. The summed E-state index contributed by atoms with van der Waals surface area (Å²) in [5.41, 5.74) is 3.34. The van der Waals surface area contributed by atoms with Crippen molar-refractivity contribution in [3.8, 4) is 17.0 Å². The Balaban J connectivity index is 2.16. The van der Waals surface area contributed by atoms with Crippen molar-refractivity contribution in [3.63, 3.8) is 0 Å². The Kier molecular flexibility index (Phi) is 2.84. The molecule has 1 N–H and O–H groups in total. The van der Waals surface area contributed by atoms with Crippen LogP contribution >= 0.6 is 15.9 Å². The van der Waals surface area contributed by atoms with E-state index in [4.69, 9.17) is 4.74 Å². The molecule has 0 fully saturated rings. The van der Waals surface area contributed by atoms with Gasteiger partial charge in [0.25, 0.3) is 0 Å². The number of ether oxygens (including phenoxy) is 1. The first-order valence-electron chi connectivity index (χ1n) is 5.69. The molecule has 0 amide bonds. The van der Waals surface area contributed by atoms with Crippen LogP contribution in [-0.4, -0.2) is 12.1 Å². The lowest BCUT2D eigenvalue weighted by molar-refractivity contribution is 0.415. The average Bonchev–Trinajstić information content (AvgIpc) is 2.84. The SMILES string of the molecule is COc1cccc(-c2cc3cccc(Br)c3[nH]2)c1. The largest absolute Gasteiger partial charge is 0.497 e. The highest BCUT2D eigenvalue weighted by Gasteiger charge is 2.06. The van der Waals surface area contributed by atoms with Gasteiger partial charge in [-0.15, -0.1) is 0 Å². The summed E-state index contributed by atoms with van der Waals surface area (Å²) in [5, 5.41) is 1.20. The average molecular weight is 302 g/mol. The number of hydrogen-bond donors (Lipinski definition) is 1. The third-order valence-corrected chi connectivity index (χ3v) is 3.65. The highest BCUT2D eigenvalue weighted by Crippen LogP contribution is 2.30. The lowest BCUT2D eigenvalue weighted by Gasteiger charge is -2.02. The zero-order chi connectivity index (χ0) is 12.5. The van der Waals surface area contributed by atoms with Crippen LogP contribution in [0.3, 0.4) is 0 Å². The van der Waals surface area contributed by atoms with Gasteiger partial charge in [-0.1, -0.05) is 24.3 Å². The monoisotopic (exact) mass is 301 g/mol. The molecule has 1 heterocycles. The van der Waals surface area contributed by atoms with Crippen LogP contribution in [0.1, 0.15) is 0 Å². The Hall–Kier alpha value is -1.74. The van der Waals surface area contributed by atoms with Crippen molar-refractivity contribution >= 4 is 26.8 Å². The molecule has 0 aliphatic heterocycles. The fraction of sp³-hybridized carbons (Fsp3) is 0.0667. The molecule has 0 saturated heterocycles. The Bertz CT molecular complexity index is 703.